The van der Waals surface area contributed by atoms with Crippen molar-refractivity contribution >= 4 is 76.3 Å². The molecule has 0 saturated heterocycles. The third-order valence-corrected chi connectivity index (χ3v) is 13.6. The minimum atomic E-state index is 1.14. The van der Waals surface area contributed by atoms with Crippen LogP contribution < -0.4 is 0 Å². The van der Waals surface area contributed by atoms with Gasteiger partial charge in [-0.05, 0) is 126 Å². The summed E-state index contributed by atoms with van der Waals surface area (Å²) >= 11 is 0. The number of hydrogen-bond donors (Lipinski definition) is 0. The van der Waals surface area contributed by atoms with Gasteiger partial charge >= 0.3 is 0 Å². The molecule has 1 aliphatic rings. The summed E-state index contributed by atoms with van der Waals surface area (Å²) in [6.07, 6.45) is 3.92. The number of aromatic nitrogens is 2. The van der Waals surface area contributed by atoms with E-state index in [2.05, 4.69) is 229 Å². The van der Waals surface area contributed by atoms with Gasteiger partial charge in [-0.3, -0.25) is 0 Å². The molecule has 0 saturated carbocycles. The van der Waals surface area contributed by atoms with Crippen molar-refractivity contribution in [1.29, 1.82) is 0 Å². The molecular formula is C62H40N2. The van der Waals surface area contributed by atoms with Crippen LogP contribution in [0.3, 0.4) is 0 Å². The summed E-state index contributed by atoms with van der Waals surface area (Å²) in [6, 6.07) is 75.9. The van der Waals surface area contributed by atoms with Crippen LogP contribution in [0.1, 0.15) is 11.1 Å². The Kier molecular flexibility index (Phi) is 7.94. The molecule has 2 heterocycles. The van der Waals surface area contributed by atoms with Crippen molar-refractivity contribution in [3.63, 3.8) is 0 Å². The van der Waals surface area contributed by atoms with Crippen LogP contribution in [0.2, 0.25) is 0 Å². The summed E-state index contributed by atoms with van der Waals surface area (Å²) < 4.78 is 4.87. The smallest absolute Gasteiger partial charge is 0.0619 e. The zero-order valence-electron chi connectivity index (χ0n) is 35.1. The van der Waals surface area contributed by atoms with Gasteiger partial charge in [0.15, 0.2) is 0 Å². The zero-order valence-corrected chi connectivity index (χ0v) is 35.1. The fraction of sp³-hybridized carbons (Fsp3) is 0. The number of hydrogen-bond acceptors (Lipinski definition) is 0. The van der Waals surface area contributed by atoms with Crippen LogP contribution in [0, 0.1) is 0 Å². The van der Waals surface area contributed by atoms with Gasteiger partial charge < -0.3 is 9.13 Å². The van der Waals surface area contributed by atoms with Gasteiger partial charge in [0, 0.05) is 38.3 Å². The zero-order chi connectivity index (χ0) is 42.5. The van der Waals surface area contributed by atoms with Crippen molar-refractivity contribution in [2.24, 2.45) is 0 Å². The Labute approximate surface area is 371 Å². The lowest BCUT2D eigenvalue weighted by molar-refractivity contribution is 1.18. The summed E-state index contributed by atoms with van der Waals surface area (Å²) in [5.74, 6) is 0. The van der Waals surface area contributed by atoms with Gasteiger partial charge in [0.05, 0.1) is 22.1 Å². The van der Waals surface area contributed by atoms with Crippen molar-refractivity contribution < 1.29 is 0 Å². The van der Waals surface area contributed by atoms with Crippen LogP contribution in [0.4, 0.5) is 0 Å². The summed E-state index contributed by atoms with van der Waals surface area (Å²) in [7, 11) is 0. The van der Waals surface area contributed by atoms with E-state index in [0.717, 1.165) is 22.5 Å². The molecular weight excluding hydrogens is 773 g/mol. The number of nitrogens with zero attached hydrogens (tertiary/aromatic N) is 2. The van der Waals surface area contributed by atoms with E-state index in [-0.39, 0.29) is 0 Å². The van der Waals surface area contributed by atoms with Crippen LogP contribution in [0.15, 0.2) is 232 Å². The third-order valence-electron chi connectivity index (χ3n) is 13.6. The lowest BCUT2D eigenvalue weighted by atomic mass is 9.93. The van der Waals surface area contributed by atoms with E-state index in [1.165, 1.54) is 110 Å². The number of rotatable bonds is 7. The molecule has 0 radical (unpaired) electrons. The first kappa shape index (κ1) is 36.2. The van der Waals surface area contributed by atoms with E-state index in [9.17, 15) is 0 Å². The van der Waals surface area contributed by atoms with Crippen LogP contribution in [0.5, 0.6) is 0 Å². The number of allylic oxidation sites excluding steroid dienone is 4. The first-order valence-electron chi connectivity index (χ1n) is 22.0. The van der Waals surface area contributed by atoms with E-state index in [0.29, 0.717) is 0 Å². The summed E-state index contributed by atoms with van der Waals surface area (Å²) in [6.45, 7) is 8.26. The Morgan fingerprint density at radius 3 is 1.67 bits per heavy atom. The molecule has 2 aromatic heterocycles. The standard InChI is InChI=1S/C62H40N2/c1-3-47-48(4-2)54-33-32-49(53-22-13-21-52(47)61(53)54)41-24-29-45(30-25-41)63-58-23-11-10-20-51(58)56-37-43(27-34-59(56)63)44-28-35-60-57(38-44)55-31-26-40-16-8-9-19-50(40)62(55)64(60)46-18-12-17-42(36-46)39-14-6-5-7-15-39/h3-38H,1-2H2. The van der Waals surface area contributed by atoms with Gasteiger partial charge in [-0.25, -0.2) is 0 Å². The first-order valence-corrected chi connectivity index (χ1v) is 22.0. The molecule has 0 amide bonds. The van der Waals surface area contributed by atoms with Gasteiger partial charge in [-0.2, -0.15) is 0 Å². The Morgan fingerprint density at radius 2 is 0.891 bits per heavy atom. The first-order chi connectivity index (χ1) is 31.7. The van der Waals surface area contributed by atoms with E-state index in [4.69, 9.17) is 0 Å². The molecule has 2 heteroatoms. The minimum Gasteiger partial charge on any atom is -0.309 e. The van der Waals surface area contributed by atoms with Crippen LogP contribution in [-0.2, 0) is 0 Å². The number of para-hydroxylation sites is 1. The lowest BCUT2D eigenvalue weighted by Crippen LogP contribution is -1.95. The van der Waals surface area contributed by atoms with Gasteiger partial charge in [-0.1, -0.05) is 177 Å². The Balaban J connectivity index is 0.930. The molecule has 298 valence electrons. The second-order valence-electron chi connectivity index (χ2n) is 16.9. The molecule has 0 aliphatic heterocycles. The van der Waals surface area contributed by atoms with Crippen LogP contribution in [-0.4, -0.2) is 9.13 Å². The fourth-order valence-electron chi connectivity index (χ4n) is 10.7. The fourth-order valence-corrected chi connectivity index (χ4v) is 10.7. The normalized spacial score (nSPS) is 12.4. The van der Waals surface area contributed by atoms with Gasteiger partial charge in [0.25, 0.3) is 0 Å². The molecule has 2 nitrogen and oxygen atoms in total. The maximum Gasteiger partial charge on any atom is 0.0619 e. The summed E-state index contributed by atoms with van der Waals surface area (Å²) in [4.78, 5) is 0. The third kappa shape index (κ3) is 5.27. The van der Waals surface area contributed by atoms with E-state index >= 15 is 0 Å². The van der Waals surface area contributed by atoms with Gasteiger partial charge in [0.1, 0.15) is 0 Å². The Bertz CT molecular complexity index is 3940. The van der Waals surface area contributed by atoms with Gasteiger partial charge in [0.2, 0.25) is 0 Å². The average molecular weight is 813 g/mol. The van der Waals surface area contributed by atoms with Crippen LogP contribution >= 0.6 is 0 Å². The quantitative estimate of drug-likeness (QED) is 0.152. The highest BCUT2D eigenvalue weighted by molar-refractivity contribution is 6.21. The van der Waals surface area contributed by atoms with Gasteiger partial charge in [-0.15, -0.1) is 0 Å². The number of benzene rings is 10. The van der Waals surface area contributed by atoms with Crippen LogP contribution in [0.25, 0.3) is 121 Å². The highest BCUT2D eigenvalue weighted by atomic mass is 15.0. The molecule has 13 rings (SSSR count). The molecule has 0 bridgehead atoms. The minimum absolute atomic E-state index is 1.14. The molecule has 0 N–H and O–H groups in total. The van der Waals surface area contributed by atoms with Crippen molar-refractivity contribution in [3.05, 3.63) is 243 Å². The second-order valence-corrected chi connectivity index (χ2v) is 16.9. The van der Waals surface area contributed by atoms with E-state index in [1.807, 2.05) is 12.2 Å². The molecule has 64 heavy (non-hydrogen) atoms. The van der Waals surface area contributed by atoms with Crippen molar-refractivity contribution in [3.8, 4) is 44.8 Å². The topological polar surface area (TPSA) is 9.86 Å². The predicted octanol–water partition coefficient (Wildman–Crippen LogP) is 16.8. The summed E-state index contributed by atoms with van der Waals surface area (Å²) in [5, 5.41) is 9.97. The van der Waals surface area contributed by atoms with Crippen molar-refractivity contribution in [2.75, 3.05) is 0 Å². The molecule has 12 aromatic rings. The molecule has 10 aromatic carbocycles. The number of fused-ring (bicyclic) bond motifs is 8. The molecule has 0 spiro atoms. The maximum atomic E-state index is 4.13. The van der Waals surface area contributed by atoms with Crippen molar-refractivity contribution in [2.45, 2.75) is 0 Å². The van der Waals surface area contributed by atoms with Crippen molar-refractivity contribution in [1.82, 2.24) is 9.13 Å². The molecule has 1 aliphatic carbocycles. The highest BCUT2D eigenvalue weighted by Crippen LogP contribution is 2.46. The Hall–Kier alpha value is -8.46. The van der Waals surface area contributed by atoms with E-state index < -0.39 is 0 Å². The largest absolute Gasteiger partial charge is 0.309 e. The highest BCUT2D eigenvalue weighted by Gasteiger charge is 2.23. The maximum absolute atomic E-state index is 4.13. The predicted molar refractivity (Wildman–Crippen MR) is 274 cm³/mol. The van der Waals surface area contributed by atoms with E-state index in [1.54, 1.807) is 0 Å². The monoisotopic (exact) mass is 812 g/mol. The molecule has 0 fully saturated rings. The summed E-state index contributed by atoms with van der Waals surface area (Å²) in [5.41, 5.74) is 19.1. The molecule has 0 unspecified atom stereocenters. The SMILES string of the molecule is C=CC1=C(C=C)c2ccc(-c3ccc(-n4c5ccccc5c5cc(-c6ccc7c(c6)c6ccc8ccccc8c6n7-c6cccc(-c7ccccc7)c6)ccc54)cc3)c3cccc1c23. The average Bonchev–Trinajstić information content (AvgIpc) is 4.00. The molecule has 0 atom stereocenters. The second kappa shape index (κ2) is 14.0. The Morgan fingerprint density at radius 1 is 0.312 bits per heavy atom. The lowest BCUT2D eigenvalue weighted by Gasteiger charge is -2.13.